The highest BCUT2D eigenvalue weighted by atomic mass is 35.5. The summed E-state index contributed by atoms with van der Waals surface area (Å²) in [7, 11) is 0. The molecule has 3 heterocycles. The smallest absolute Gasteiger partial charge is 0.280 e. The van der Waals surface area contributed by atoms with Crippen molar-refractivity contribution in [3.8, 4) is 22.3 Å². The first-order valence-electron chi connectivity index (χ1n) is 7.71. The van der Waals surface area contributed by atoms with Crippen molar-refractivity contribution in [1.82, 2.24) is 15.1 Å². The average molecular weight is 385 g/mol. The Balaban J connectivity index is 1.45. The molecule has 0 radical (unpaired) electrons. The van der Waals surface area contributed by atoms with E-state index in [1.807, 2.05) is 42.5 Å². The molecule has 1 aromatic carbocycles. The molecule has 0 unspecified atom stereocenters. The monoisotopic (exact) mass is 384 g/mol. The lowest BCUT2D eigenvalue weighted by atomic mass is 10.1. The number of pyridine rings is 1. The van der Waals surface area contributed by atoms with Gasteiger partial charge in [-0.2, -0.15) is 4.98 Å². The van der Waals surface area contributed by atoms with Crippen LogP contribution in [0.5, 0.6) is 10.9 Å². The number of rotatable bonds is 5. The van der Waals surface area contributed by atoms with E-state index in [0.717, 1.165) is 16.8 Å². The molecule has 3 aromatic heterocycles. The van der Waals surface area contributed by atoms with Gasteiger partial charge in [-0.15, -0.1) is 0 Å². The first kappa shape index (κ1) is 16.6. The number of benzene rings is 1. The van der Waals surface area contributed by atoms with Crippen molar-refractivity contribution in [2.75, 3.05) is 5.73 Å². The van der Waals surface area contributed by atoms with Crippen LogP contribution in [0.25, 0.3) is 11.3 Å². The third-order valence-electron chi connectivity index (χ3n) is 3.63. The van der Waals surface area contributed by atoms with Gasteiger partial charge in [0.05, 0.1) is 11.3 Å². The van der Waals surface area contributed by atoms with Crippen molar-refractivity contribution in [1.29, 1.82) is 0 Å². The molecule has 0 spiro atoms. The third kappa shape index (κ3) is 3.68. The number of hydrogen-bond acceptors (Lipinski definition) is 7. The average Bonchev–Trinajstić information content (AvgIpc) is 3.26. The van der Waals surface area contributed by atoms with E-state index in [4.69, 9.17) is 26.6 Å². The summed E-state index contributed by atoms with van der Waals surface area (Å²) in [4.78, 5) is 8.12. The highest BCUT2D eigenvalue weighted by Gasteiger charge is 2.11. The molecule has 4 rings (SSSR count). The van der Waals surface area contributed by atoms with Gasteiger partial charge in [0, 0.05) is 24.1 Å². The Morgan fingerprint density at radius 1 is 1.19 bits per heavy atom. The molecule has 130 valence electrons. The van der Waals surface area contributed by atoms with E-state index in [1.54, 1.807) is 11.6 Å². The van der Waals surface area contributed by atoms with Crippen LogP contribution in [0.3, 0.4) is 0 Å². The molecule has 8 heteroatoms. The molecule has 0 amide bonds. The lowest BCUT2D eigenvalue weighted by Gasteiger charge is -2.03. The summed E-state index contributed by atoms with van der Waals surface area (Å²) < 4.78 is 11.0. The van der Waals surface area contributed by atoms with Crippen molar-refractivity contribution in [2.45, 2.75) is 6.42 Å². The highest BCUT2D eigenvalue weighted by molar-refractivity contribution is 7.11. The topological polar surface area (TPSA) is 87.1 Å². The van der Waals surface area contributed by atoms with E-state index in [1.165, 1.54) is 11.3 Å². The molecule has 0 saturated carbocycles. The summed E-state index contributed by atoms with van der Waals surface area (Å²) in [5.74, 6) is 1.72. The Morgan fingerprint density at radius 2 is 2.04 bits per heavy atom. The number of aromatic nitrogens is 3. The Labute approximate surface area is 158 Å². The van der Waals surface area contributed by atoms with Gasteiger partial charge in [0.25, 0.3) is 5.19 Å². The van der Waals surface area contributed by atoms with E-state index < -0.39 is 0 Å². The van der Waals surface area contributed by atoms with Crippen molar-refractivity contribution < 1.29 is 9.26 Å². The van der Waals surface area contributed by atoms with Gasteiger partial charge in [-0.25, -0.2) is 4.98 Å². The SMILES string of the molecule is Nc1ncccc1-c1cc(Cc2ccc(Oc3nc(Cl)cs3)cc2)no1. The summed E-state index contributed by atoms with van der Waals surface area (Å²) >= 11 is 7.14. The zero-order valence-electron chi connectivity index (χ0n) is 13.4. The molecular formula is C18H13ClN4O2S. The largest absolute Gasteiger partial charge is 0.431 e. The van der Waals surface area contributed by atoms with Crippen LogP contribution >= 0.6 is 22.9 Å². The molecule has 0 fully saturated rings. The number of anilines is 1. The van der Waals surface area contributed by atoms with Crippen LogP contribution in [-0.4, -0.2) is 15.1 Å². The fourth-order valence-corrected chi connectivity index (χ4v) is 3.23. The molecule has 6 nitrogen and oxygen atoms in total. The van der Waals surface area contributed by atoms with Gasteiger partial charge in [0.1, 0.15) is 16.7 Å². The van der Waals surface area contributed by atoms with Gasteiger partial charge in [-0.05, 0) is 29.8 Å². The third-order valence-corrected chi connectivity index (χ3v) is 4.67. The van der Waals surface area contributed by atoms with Crippen LogP contribution in [-0.2, 0) is 6.42 Å². The fourth-order valence-electron chi connectivity index (χ4n) is 2.42. The normalized spacial score (nSPS) is 10.8. The van der Waals surface area contributed by atoms with Gasteiger partial charge >= 0.3 is 0 Å². The van der Waals surface area contributed by atoms with Crippen molar-refractivity contribution in [3.63, 3.8) is 0 Å². The van der Waals surface area contributed by atoms with Crippen LogP contribution in [0.4, 0.5) is 5.82 Å². The number of thiazole rings is 1. The maximum absolute atomic E-state index is 5.87. The molecule has 0 atom stereocenters. The van der Waals surface area contributed by atoms with Crippen molar-refractivity contribution in [3.05, 3.63) is 70.5 Å². The molecule has 0 bridgehead atoms. The lowest BCUT2D eigenvalue weighted by Crippen LogP contribution is -1.92. The van der Waals surface area contributed by atoms with Crippen LogP contribution in [0.15, 0.2) is 58.6 Å². The number of halogens is 1. The van der Waals surface area contributed by atoms with Crippen molar-refractivity contribution >= 4 is 28.8 Å². The summed E-state index contributed by atoms with van der Waals surface area (Å²) in [6.07, 6.45) is 2.27. The molecule has 0 aliphatic heterocycles. The van der Waals surface area contributed by atoms with Gasteiger partial charge in [-0.3, -0.25) is 0 Å². The van der Waals surface area contributed by atoms with Crippen LogP contribution in [0, 0.1) is 0 Å². The molecule has 0 saturated heterocycles. The lowest BCUT2D eigenvalue weighted by molar-refractivity contribution is 0.425. The van der Waals surface area contributed by atoms with Crippen LogP contribution in [0.1, 0.15) is 11.3 Å². The van der Waals surface area contributed by atoms with Gasteiger partial charge in [0.15, 0.2) is 5.76 Å². The number of nitrogen functional groups attached to an aromatic ring is 1. The molecule has 2 N–H and O–H groups in total. The minimum atomic E-state index is 0.416. The minimum absolute atomic E-state index is 0.416. The zero-order valence-corrected chi connectivity index (χ0v) is 15.0. The summed E-state index contributed by atoms with van der Waals surface area (Å²) in [6.45, 7) is 0. The summed E-state index contributed by atoms with van der Waals surface area (Å²) in [5.41, 5.74) is 8.49. The van der Waals surface area contributed by atoms with E-state index in [2.05, 4.69) is 15.1 Å². The number of ether oxygens (including phenoxy) is 1. The Kier molecular flexibility index (Phi) is 4.55. The second-order valence-electron chi connectivity index (χ2n) is 5.48. The maximum atomic E-state index is 5.87. The van der Waals surface area contributed by atoms with Gasteiger partial charge < -0.3 is 15.0 Å². The first-order chi connectivity index (χ1) is 12.7. The van der Waals surface area contributed by atoms with Gasteiger partial charge in [0.2, 0.25) is 0 Å². The second-order valence-corrected chi connectivity index (χ2v) is 6.69. The number of nitrogens with zero attached hydrogens (tertiary/aromatic N) is 3. The predicted molar refractivity (Wildman–Crippen MR) is 101 cm³/mol. The van der Waals surface area contributed by atoms with E-state index in [9.17, 15) is 0 Å². The molecular weight excluding hydrogens is 372 g/mol. The Morgan fingerprint density at radius 3 is 2.77 bits per heavy atom. The van der Waals surface area contributed by atoms with E-state index >= 15 is 0 Å². The Bertz CT molecular complexity index is 1030. The first-order valence-corrected chi connectivity index (χ1v) is 8.97. The zero-order chi connectivity index (χ0) is 17.9. The fraction of sp³-hybridized carbons (Fsp3) is 0.0556. The molecule has 0 aliphatic carbocycles. The van der Waals surface area contributed by atoms with Gasteiger partial charge in [-0.1, -0.05) is 40.2 Å². The molecule has 0 aliphatic rings. The second kappa shape index (κ2) is 7.15. The van der Waals surface area contributed by atoms with Crippen LogP contribution < -0.4 is 10.5 Å². The van der Waals surface area contributed by atoms with Crippen LogP contribution in [0.2, 0.25) is 5.15 Å². The molecule has 26 heavy (non-hydrogen) atoms. The summed E-state index contributed by atoms with van der Waals surface area (Å²) in [6, 6.07) is 13.2. The highest BCUT2D eigenvalue weighted by Crippen LogP contribution is 2.28. The van der Waals surface area contributed by atoms with Crippen molar-refractivity contribution in [2.24, 2.45) is 0 Å². The maximum Gasteiger partial charge on any atom is 0.280 e. The summed E-state index contributed by atoms with van der Waals surface area (Å²) in [5, 5.41) is 6.77. The predicted octanol–water partition coefficient (Wildman–Crippen LogP) is 4.81. The number of hydrogen-bond donors (Lipinski definition) is 1. The minimum Gasteiger partial charge on any atom is -0.431 e. The molecule has 4 aromatic rings. The Hall–Kier alpha value is -2.90. The quantitative estimate of drug-likeness (QED) is 0.531. The standard InChI is InChI=1S/C18H13ClN4O2S/c19-16-10-26-18(22-16)24-13-5-3-11(4-6-13)8-12-9-15(25-23-12)14-2-1-7-21-17(14)20/h1-7,9-10H,8H2,(H2,20,21). The van der Waals surface area contributed by atoms with E-state index in [0.29, 0.717) is 34.1 Å². The van der Waals surface area contributed by atoms with E-state index in [-0.39, 0.29) is 0 Å². The number of nitrogens with two attached hydrogens (primary N) is 1.